The van der Waals surface area contributed by atoms with Crippen LogP contribution in [0, 0.1) is 35.3 Å². The van der Waals surface area contributed by atoms with E-state index in [4.69, 9.17) is 0 Å². The minimum Gasteiger partial charge on any atom is -0.206 e. The van der Waals surface area contributed by atoms with Crippen LogP contribution in [-0.4, -0.2) is 0 Å². The van der Waals surface area contributed by atoms with Gasteiger partial charge in [0, 0.05) is 22.1 Å². The Morgan fingerprint density at radius 1 is 0.694 bits per heavy atom. The van der Waals surface area contributed by atoms with E-state index in [-0.39, 0.29) is 11.1 Å². The SMILES string of the molecule is CCCCc1ccc(C#Cc2ccc3c(F)c(C#Cc4ccc(C(F)(F)F)c(F)c4)ccc3c2)cc1. The number of rotatable bonds is 3. The second-order valence-corrected chi connectivity index (χ2v) is 8.36. The number of fused-ring (bicyclic) bond motifs is 1. The van der Waals surface area contributed by atoms with Gasteiger partial charge in [-0.3, -0.25) is 0 Å². The fourth-order valence-electron chi connectivity index (χ4n) is 3.71. The molecule has 0 radical (unpaired) electrons. The molecule has 0 saturated carbocycles. The van der Waals surface area contributed by atoms with Crippen molar-refractivity contribution in [2.75, 3.05) is 0 Å². The van der Waals surface area contributed by atoms with Crippen molar-refractivity contribution >= 4 is 10.8 Å². The van der Waals surface area contributed by atoms with E-state index in [1.165, 1.54) is 11.6 Å². The van der Waals surface area contributed by atoms with Crippen molar-refractivity contribution < 1.29 is 22.0 Å². The molecule has 0 heterocycles. The predicted octanol–water partition coefficient (Wildman–Crippen LogP) is 8.28. The van der Waals surface area contributed by atoms with Crippen LogP contribution in [0.3, 0.4) is 0 Å². The van der Waals surface area contributed by atoms with Crippen LogP contribution in [0.15, 0.2) is 72.8 Å². The molecule has 0 amide bonds. The molecule has 0 aromatic heterocycles. The lowest BCUT2D eigenvalue weighted by molar-refractivity contribution is -0.140. The molecule has 4 aromatic carbocycles. The standard InChI is InChI=1S/C31H21F5/c1-2-3-4-21-5-7-22(8-6-21)9-10-23-12-17-27-26(19-23)16-15-25(30(27)33)14-11-24-13-18-28(29(32)20-24)31(34,35)36/h5-8,12-13,15-20H,2-4H2,1H3. The molecule has 36 heavy (non-hydrogen) atoms. The quantitative estimate of drug-likeness (QED) is 0.201. The summed E-state index contributed by atoms with van der Waals surface area (Å²) in [6.45, 7) is 2.16. The predicted molar refractivity (Wildman–Crippen MR) is 132 cm³/mol. The van der Waals surface area contributed by atoms with Crippen LogP contribution in [0.2, 0.25) is 0 Å². The third-order valence-electron chi connectivity index (χ3n) is 5.69. The van der Waals surface area contributed by atoms with Gasteiger partial charge >= 0.3 is 6.18 Å². The molecule has 0 N–H and O–H groups in total. The molecule has 0 bridgehead atoms. The van der Waals surface area contributed by atoms with Crippen molar-refractivity contribution in [3.63, 3.8) is 0 Å². The third kappa shape index (κ3) is 5.93. The molecule has 0 spiro atoms. The molecule has 0 aliphatic heterocycles. The Balaban J connectivity index is 1.55. The molecule has 4 aromatic rings. The highest BCUT2D eigenvalue weighted by Gasteiger charge is 2.33. The largest absolute Gasteiger partial charge is 0.419 e. The van der Waals surface area contributed by atoms with E-state index in [1.54, 1.807) is 24.3 Å². The summed E-state index contributed by atoms with van der Waals surface area (Å²) in [5.41, 5.74) is 1.62. The van der Waals surface area contributed by atoms with Crippen LogP contribution in [0.4, 0.5) is 22.0 Å². The first-order valence-electron chi connectivity index (χ1n) is 11.5. The van der Waals surface area contributed by atoms with Gasteiger partial charge in [-0.05, 0) is 72.3 Å². The van der Waals surface area contributed by atoms with Crippen molar-refractivity contribution in [3.05, 3.63) is 118 Å². The normalized spacial score (nSPS) is 10.9. The highest BCUT2D eigenvalue weighted by Crippen LogP contribution is 2.31. The Bertz CT molecular complexity index is 1520. The summed E-state index contributed by atoms with van der Waals surface area (Å²) in [6, 6.07) is 18.8. The van der Waals surface area contributed by atoms with Crippen LogP contribution in [0.5, 0.6) is 0 Å². The maximum absolute atomic E-state index is 15.0. The van der Waals surface area contributed by atoms with Crippen molar-refractivity contribution in [3.8, 4) is 23.7 Å². The molecule has 0 aliphatic rings. The number of aryl methyl sites for hydroxylation is 1. The van der Waals surface area contributed by atoms with E-state index in [0.29, 0.717) is 22.9 Å². The van der Waals surface area contributed by atoms with Gasteiger partial charge in [-0.1, -0.05) is 61.3 Å². The van der Waals surface area contributed by atoms with E-state index in [1.807, 2.05) is 12.1 Å². The summed E-state index contributed by atoms with van der Waals surface area (Å²) in [7, 11) is 0. The topological polar surface area (TPSA) is 0 Å². The summed E-state index contributed by atoms with van der Waals surface area (Å²) < 4.78 is 66.9. The van der Waals surface area contributed by atoms with Gasteiger partial charge in [0.15, 0.2) is 0 Å². The van der Waals surface area contributed by atoms with Gasteiger partial charge in [0.25, 0.3) is 0 Å². The molecule has 0 nitrogen and oxygen atoms in total. The second-order valence-electron chi connectivity index (χ2n) is 8.36. The molecule has 0 saturated heterocycles. The van der Waals surface area contributed by atoms with Crippen LogP contribution < -0.4 is 0 Å². The van der Waals surface area contributed by atoms with E-state index in [9.17, 15) is 17.6 Å². The lowest BCUT2D eigenvalue weighted by Gasteiger charge is -2.07. The third-order valence-corrected chi connectivity index (χ3v) is 5.69. The first-order valence-corrected chi connectivity index (χ1v) is 11.5. The zero-order chi connectivity index (χ0) is 25.7. The summed E-state index contributed by atoms with van der Waals surface area (Å²) in [6.07, 6.45) is -1.44. The average molecular weight is 488 g/mol. The maximum atomic E-state index is 15.0. The Kier molecular flexibility index (Phi) is 7.41. The molecule has 0 aliphatic carbocycles. The van der Waals surface area contributed by atoms with Crippen molar-refractivity contribution in [2.45, 2.75) is 32.4 Å². The second kappa shape index (κ2) is 10.7. The molecule has 4 rings (SSSR count). The van der Waals surface area contributed by atoms with Crippen molar-refractivity contribution in [1.29, 1.82) is 0 Å². The summed E-state index contributed by atoms with van der Waals surface area (Å²) in [4.78, 5) is 0. The Labute approximate surface area is 206 Å². The molecule has 0 atom stereocenters. The molecular formula is C31H21F5. The smallest absolute Gasteiger partial charge is 0.206 e. The first kappa shape index (κ1) is 25.0. The van der Waals surface area contributed by atoms with Crippen molar-refractivity contribution in [2.24, 2.45) is 0 Å². The molecule has 180 valence electrons. The van der Waals surface area contributed by atoms with Gasteiger partial charge in [-0.2, -0.15) is 13.2 Å². The Morgan fingerprint density at radius 2 is 1.33 bits per heavy atom. The van der Waals surface area contributed by atoms with Gasteiger partial charge in [0.2, 0.25) is 0 Å². The zero-order valence-electron chi connectivity index (χ0n) is 19.4. The average Bonchev–Trinajstić information content (AvgIpc) is 2.85. The molecular weight excluding hydrogens is 467 g/mol. The lowest BCUT2D eigenvalue weighted by atomic mass is 10.0. The number of alkyl halides is 3. The highest BCUT2D eigenvalue weighted by molar-refractivity contribution is 5.86. The fraction of sp³-hybridized carbons (Fsp3) is 0.161. The number of unbranched alkanes of at least 4 members (excludes halogenated alkanes) is 1. The first-order chi connectivity index (χ1) is 17.2. The summed E-state index contributed by atoms with van der Waals surface area (Å²) in [5, 5.41) is 0.978. The van der Waals surface area contributed by atoms with Crippen molar-refractivity contribution in [1.82, 2.24) is 0 Å². The lowest BCUT2D eigenvalue weighted by Crippen LogP contribution is -2.07. The molecule has 0 unspecified atom stereocenters. The van der Waals surface area contributed by atoms with Crippen LogP contribution in [0.1, 0.15) is 53.1 Å². The summed E-state index contributed by atoms with van der Waals surface area (Å²) >= 11 is 0. The van der Waals surface area contributed by atoms with E-state index < -0.39 is 23.4 Å². The molecule has 5 heteroatoms. The number of halogens is 5. The number of benzene rings is 4. The fourth-order valence-corrected chi connectivity index (χ4v) is 3.71. The van der Waals surface area contributed by atoms with Gasteiger partial charge in [0.1, 0.15) is 11.6 Å². The highest BCUT2D eigenvalue weighted by atomic mass is 19.4. The maximum Gasteiger partial charge on any atom is 0.419 e. The van der Waals surface area contributed by atoms with E-state index in [2.05, 4.69) is 42.7 Å². The van der Waals surface area contributed by atoms with Crippen LogP contribution >= 0.6 is 0 Å². The van der Waals surface area contributed by atoms with E-state index in [0.717, 1.165) is 36.5 Å². The monoisotopic (exact) mass is 488 g/mol. The molecule has 0 fully saturated rings. The Hall–Kier alpha value is -4.09. The minimum atomic E-state index is -4.79. The zero-order valence-corrected chi connectivity index (χ0v) is 19.4. The number of hydrogen-bond acceptors (Lipinski definition) is 0. The Morgan fingerprint density at radius 3 is 2.03 bits per heavy atom. The van der Waals surface area contributed by atoms with Gasteiger partial charge in [-0.25, -0.2) is 8.78 Å². The van der Waals surface area contributed by atoms with Crippen LogP contribution in [0.25, 0.3) is 10.8 Å². The number of hydrogen-bond donors (Lipinski definition) is 0. The van der Waals surface area contributed by atoms with E-state index >= 15 is 4.39 Å². The van der Waals surface area contributed by atoms with Gasteiger partial charge in [0.05, 0.1) is 11.1 Å². The van der Waals surface area contributed by atoms with Gasteiger partial charge in [-0.15, -0.1) is 0 Å². The van der Waals surface area contributed by atoms with Crippen LogP contribution in [-0.2, 0) is 12.6 Å². The minimum absolute atomic E-state index is 0.0176. The summed E-state index contributed by atoms with van der Waals surface area (Å²) in [5.74, 6) is 9.36. The van der Waals surface area contributed by atoms with Gasteiger partial charge < -0.3 is 0 Å².